The molecule has 0 spiro atoms. The van der Waals surface area contributed by atoms with Crippen molar-refractivity contribution in [3.63, 3.8) is 0 Å². The van der Waals surface area contributed by atoms with E-state index in [0.717, 1.165) is 43.8 Å². The van der Waals surface area contributed by atoms with Gasteiger partial charge in [-0.1, -0.05) is 36.4 Å². The second kappa shape index (κ2) is 9.65. The molecule has 0 saturated carbocycles. The maximum Gasteiger partial charge on any atom is 0.228 e. The van der Waals surface area contributed by atoms with Crippen LogP contribution in [-0.4, -0.2) is 43.0 Å². The molecule has 2 aliphatic heterocycles. The maximum atomic E-state index is 13.1. The third-order valence-electron chi connectivity index (χ3n) is 6.67. The summed E-state index contributed by atoms with van der Waals surface area (Å²) in [6.45, 7) is 7.49. The Balaban J connectivity index is 1.25. The Morgan fingerprint density at radius 3 is 2.48 bits per heavy atom. The Kier molecular flexibility index (Phi) is 6.71. The number of aryl methyl sites for hydroxylation is 2. The van der Waals surface area contributed by atoms with Crippen molar-refractivity contribution in [1.29, 1.82) is 0 Å². The quantitative estimate of drug-likeness (QED) is 0.707. The topological polar surface area (TPSA) is 49.9 Å². The lowest BCUT2D eigenvalue weighted by Gasteiger charge is -2.33. The average Bonchev–Trinajstić information content (AvgIpc) is 3.18. The molecule has 0 aromatic heterocycles. The van der Waals surface area contributed by atoms with Crippen molar-refractivity contribution < 1.29 is 14.3 Å². The van der Waals surface area contributed by atoms with Gasteiger partial charge in [0.1, 0.15) is 0 Å². The molecule has 164 valence electrons. The van der Waals surface area contributed by atoms with E-state index in [1.54, 1.807) is 4.90 Å². The number of piperidine rings is 1. The van der Waals surface area contributed by atoms with Crippen LogP contribution in [0.5, 0.6) is 0 Å². The molecule has 2 aliphatic rings. The van der Waals surface area contributed by atoms with Crippen molar-refractivity contribution in [2.75, 3.05) is 31.1 Å². The first-order valence-corrected chi connectivity index (χ1v) is 11.3. The first-order valence-electron chi connectivity index (χ1n) is 11.3. The van der Waals surface area contributed by atoms with Crippen LogP contribution in [0.15, 0.2) is 48.5 Å². The normalized spacial score (nSPS) is 19.8. The first-order chi connectivity index (χ1) is 15.0. The molecule has 0 aliphatic carbocycles. The Morgan fingerprint density at radius 1 is 1.03 bits per heavy atom. The number of amides is 2. The molecular weight excluding hydrogens is 388 g/mol. The molecule has 2 aromatic rings. The van der Waals surface area contributed by atoms with Crippen molar-refractivity contribution >= 4 is 17.5 Å². The molecular formula is C26H32N2O3. The van der Waals surface area contributed by atoms with E-state index in [9.17, 15) is 9.59 Å². The van der Waals surface area contributed by atoms with Gasteiger partial charge in [-0.15, -0.1) is 0 Å². The summed E-state index contributed by atoms with van der Waals surface area (Å²) >= 11 is 0. The van der Waals surface area contributed by atoms with Crippen LogP contribution in [0.25, 0.3) is 0 Å². The molecule has 2 aromatic carbocycles. The minimum Gasteiger partial charge on any atom is -0.376 e. The standard InChI is InChI=1S/C26H32N2O3/c1-19-8-9-24(14-20(19)2)28-16-23(15-25(28)29)26(30)27-12-10-22(11-13-27)18-31-17-21-6-4-3-5-7-21/h3-9,14,22-23H,10-13,15-18H2,1-2H3. The largest absolute Gasteiger partial charge is 0.376 e. The molecule has 2 heterocycles. The molecule has 2 saturated heterocycles. The van der Waals surface area contributed by atoms with E-state index in [0.29, 0.717) is 25.5 Å². The third-order valence-corrected chi connectivity index (χ3v) is 6.67. The summed E-state index contributed by atoms with van der Waals surface area (Å²) < 4.78 is 5.90. The number of benzene rings is 2. The van der Waals surface area contributed by atoms with E-state index >= 15 is 0 Å². The van der Waals surface area contributed by atoms with E-state index in [4.69, 9.17) is 4.74 Å². The Bertz CT molecular complexity index is 920. The summed E-state index contributed by atoms with van der Waals surface area (Å²) in [4.78, 5) is 29.4. The van der Waals surface area contributed by atoms with Crippen LogP contribution >= 0.6 is 0 Å². The van der Waals surface area contributed by atoms with Gasteiger partial charge in [-0.25, -0.2) is 0 Å². The van der Waals surface area contributed by atoms with Crippen molar-refractivity contribution in [1.82, 2.24) is 4.90 Å². The Labute approximate surface area is 185 Å². The van der Waals surface area contributed by atoms with Crippen LogP contribution in [0.3, 0.4) is 0 Å². The fourth-order valence-corrected chi connectivity index (χ4v) is 4.51. The summed E-state index contributed by atoms with van der Waals surface area (Å²) in [5, 5.41) is 0. The van der Waals surface area contributed by atoms with E-state index in [1.165, 1.54) is 11.1 Å². The number of carbonyl (C=O) groups excluding carboxylic acids is 2. The van der Waals surface area contributed by atoms with Crippen LogP contribution in [-0.2, 0) is 20.9 Å². The van der Waals surface area contributed by atoms with Crippen molar-refractivity contribution in [3.8, 4) is 0 Å². The molecule has 1 unspecified atom stereocenters. The molecule has 2 fully saturated rings. The number of hydrogen-bond acceptors (Lipinski definition) is 3. The number of anilines is 1. The minimum atomic E-state index is -0.236. The van der Waals surface area contributed by atoms with Crippen LogP contribution in [0.1, 0.15) is 36.0 Å². The van der Waals surface area contributed by atoms with E-state index in [-0.39, 0.29) is 17.7 Å². The zero-order valence-corrected chi connectivity index (χ0v) is 18.5. The predicted octanol–water partition coefficient (Wildman–Crippen LogP) is 4.11. The molecule has 4 rings (SSSR count). The second-order valence-electron chi connectivity index (χ2n) is 8.94. The van der Waals surface area contributed by atoms with Gasteiger partial charge in [-0.2, -0.15) is 0 Å². The van der Waals surface area contributed by atoms with Gasteiger partial charge in [0.05, 0.1) is 12.5 Å². The molecule has 1 atom stereocenters. The van der Waals surface area contributed by atoms with E-state index in [2.05, 4.69) is 26.0 Å². The van der Waals surface area contributed by atoms with Gasteiger partial charge in [-0.3, -0.25) is 9.59 Å². The van der Waals surface area contributed by atoms with Gasteiger partial charge in [-0.05, 0) is 61.4 Å². The fraction of sp³-hybridized carbons (Fsp3) is 0.462. The van der Waals surface area contributed by atoms with Gasteiger partial charge in [0.2, 0.25) is 11.8 Å². The van der Waals surface area contributed by atoms with Crippen LogP contribution < -0.4 is 4.90 Å². The molecule has 0 radical (unpaired) electrons. The molecule has 0 bridgehead atoms. The van der Waals surface area contributed by atoms with E-state index in [1.807, 2.05) is 41.3 Å². The molecule has 2 amide bonds. The smallest absolute Gasteiger partial charge is 0.228 e. The third kappa shape index (κ3) is 5.16. The van der Waals surface area contributed by atoms with Gasteiger partial charge in [0.25, 0.3) is 0 Å². The van der Waals surface area contributed by atoms with Crippen LogP contribution in [0, 0.1) is 25.7 Å². The number of ether oxygens (including phenoxy) is 1. The fourth-order valence-electron chi connectivity index (χ4n) is 4.51. The van der Waals surface area contributed by atoms with Crippen molar-refractivity contribution in [2.45, 2.75) is 39.7 Å². The highest BCUT2D eigenvalue weighted by molar-refractivity contribution is 6.00. The maximum absolute atomic E-state index is 13.1. The van der Waals surface area contributed by atoms with Gasteiger partial charge >= 0.3 is 0 Å². The summed E-state index contributed by atoms with van der Waals surface area (Å²) in [6, 6.07) is 16.3. The van der Waals surface area contributed by atoms with Crippen molar-refractivity contribution in [2.24, 2.45) is 11.8 Å². The van der Waals surface area contributed by atoms with Gasteiger partial charge < -0.3 is 14.5 Å². The lowest BCUT2D eigenvalue weighted by molar-refractivity contribution is -0.137. The van der Waals surface area contributed by atoms with Crippen LogP contribution in [0.2, 0.25) is 0 Å². The molecule has 31 heavy (non-hydrogen) atoms. The molecule has 0 N–H and O–H groups in total. The summed E-state index contributed by atoms with van der Waals surface area (Å²) in [7, 11) is 0. The Hall–Kier alpha value is -2.66. The SMILES string of the molecule is Cc1ccc(N2CC(C(=O)N3CCC(COCc4ccccc4)CC3)CC2=O)cc1C. The number of rotatable bonds is 6. The number of likely N-dealkylation sites (tertiary alicyclic amines) is 1. The molecule has 5 nitrogen and oxygen atoms in total. The summed E-state index contributed by atoms with van der Waals surface area (Å²) in [6.07, 6.45) is 2.23. The van der Waals surface area contributed by atoms with Crippen molar-refractivity contribution in [3.05, 3.63) is 65.2 Å². The lowest BCUT2D eigenvalue weighted by atomic mass is 9.96. The summed E-state index contributed by atoms with van der Waals surface area (Å²) in [5.41, 5.74) is 4.46. The van der Waals surface area contributed by atoms with Crippen LogP contribution in [0.4, 0.5) is 5.69 Å². The zero-order valence-electron chi connectivity index (χ0n) is 18.5. The Morgan fingerprint density at radius 2 is 1.77 bits per heavy atom. The number of hydrogen-bond donors (Lipinski definition) is 0. The van der Waals surface area contributed by atoms with E-state index < -0.39 is 0 Å². The first kappa shape index (κ1) is 21.6. The van der Waals surface area contributed by atoms with Gasteiger partial charge in [0, 0.05) is 38.3 Å². The van der Waals surface area contributed by atoms with Gasteiger partial charge in [0.15, 0.2) is 0 Å². The summed E-state index contributed by atoms with van der Waals surface area (Å²) in [5.74, 6) is 0.430. The number of carbonyl (C=O) groups is 2. The lowest BCUT2D eigenvalue weighted by Crippen LogP contribution is -2.43. The highest BCUT2D eigenvalue weighted by atomic mass is 16.5. The molecule has 5 heteroatoms. The minimum absolute atomic E-state index is 0.0470. The highest BCUT2D eigenvalue weighted by Crippen LogP contribution is 2.29. The second-order valence-corrected chi connectivity index (χ2v) is 8.94. The number of nitrogens with zero attached hydrogens (tertiary/aromatic N) is 2. The zero-order chi connectivity index (χ0) is 21.8. The predicted molar refractivity (Wildman–Crippen MR) is 122 cm³/mol. The monoisotopic (exact) mass is 420 g/mol. The average molecular weight is 421 g/mol. The highest BCUT2D eigenvalue weighted by Gasteiger charge is 2.38.